The van der Waals surface area contributed by atoms with Gasteiger partial charge in [-0.25, -0.2) is 0 Å². The van der Waals surface area contributed by atoms with Crippen molar-refractivity contribution in [3.8, 4) is 11.5 Å². The molecule has 5 heteroatoms. The normalized spacial score (nSPS) is 19.6. The highest BCUT2D eigenvalue weighted by Crippen LogP contribution is 2.34. The molecule has 1 N–H and O–H groups in total. The van der Waals surface area contributed by atoms with Crippen LogP contribution in [0.3, 0.4) is 0 Å². The highest BCUT2D eigenvalue weighted by Gasteiger charge is 2.29. The fourth-order valence-electron chi connectivity index (χ4n) is 2.00. The summed E-state index contributed by atoms with van der Waals surface area (Å²) in [6.45, 7) is 0.326. The zero-order chi connectivity index (χ0) is 12.5. The molecule has 0 radical (unpaired) electrons. The van der Waals surface area contributed by atoms with Gasteiger partial charge < -0.3 is 14.6 Å². The van der Waals surface area contributed by atoms with Gasteiger partial charge in [0.15, 0.2) is 17.6 Å². The van der Waals surface area contributed by atoms with Gasteiger partial charge in [0, 0.05) is 18.8 Å². The summed E-state index contributed by atoms with van der Waals surface area (Å²) in [4.78, 5) is 0. The lowest BCUT2D eigenvalue weighted by atomic mass is 10.1. The van der Waals surface area contributed by atoms with Gasteiger partial charge in [0.1, 0.15) is 12.7 Å². The fourth-order valence-corrected chi connectivity index (χ4v) is 2.00. The van der Waals surface area contributed by atoms with Crippen LogP contribution in [0.2, 0.25) is 0 Å². The van der Waals surface area contributed by atoms with Gasteiger partial charge in [-0.2, -0.15) is 5.10 Å². The summed E-state index contributed by atoms with van der Waals surface area (Å²) in [5.74, 6) is 1.38. The van der Waals surface area contributed by atoms with Crippen molar-refractivity contribution in [1.29, 1.82) is 0 Å². The Morgan fingerprint density at radius 1 is 1.39 bits per heavy atom. The molecule has 2 heterocycles. The maximum atomic E-state index is 10.2. The van der Waals surface area contributed by atoms with Gasteiger partial charge in [0.05, 0.1) is 6.20 Å². The molecule has 94 valence electrons. The first-order chi connectivity index (χ1) is 8.74. The topological polar surface area (TPSA) is 56.5 Å². The molecular formula is C13H14N2O3. The standard InChI is InChI=1S/C13H14N2O3/c1-15-7-9(6-14-15)13(16)12-8-17-10-4-2-3-5-11(10)18-12/h2-7,12-13,16H,8H2,1H3. The summed E-state index contributed by atoms with van der Waals surface area (Å²) in [6, 6.07) is 7.44. The predicted molar refractivity (Wildman–Crippen MR) is 64.5 cm³/mol. The van der Waals surface area contributed by atoms with Gasteiger partial charge in [0.25, 0.3) is 0 Å². The first kappa shape index (κ1) is 11.1. The Morgan fingerprint density at radius 2 is 2.17 bits per heavy atom. The second-order valence-electron chi connectivity index (χ2n) is 4.31. The van der Waals surface area contributed by atoms with Gasteiger partial charge >= 0.3 is 0 Å². The molecule has 2 unspecified atom stereocenters. The lowest BCUT2D eigenvalue weighted by Gasteiger charge is -2.29. The lowest BCUT2D eigenvalue weighted by Crippen LogP contribution is -2.34. The van der Waals surface area contributed by atoms with E-state index in [9.17, 15) is 5.11 Å². The number of rotatable bonds is 2. The zero-order valence-electron chi connectivity index (χ0n) is 9.98. The SMILES string of the molecule is Cn1cc(C(O)C2COc3ccccc3O2)cn1. The number of aromatic nitrogens is 2. The second-order valence-corrected chi connectivity index (χ2v) is 4.31. The summed E-state index contributed by atoms with van der Waals surface area (Å²) >= 11 is 0. The number of aliphatic hydroxyl groups excluding tert-OH is 1. The van der Waals surface area contributed by atoms with E-state index in [0.29, 0.717) is 18.1 Å². The Bertz CT molecular complexity index is 553. The molecule has 3 rings (SSSR count). The summed E-state index contributed by atoms with van der Waals surface area (Å²) in [5.41, 5.74) is 0.727. The van der Waals surface area contributed by atoms with Gasteiger partial charge in [-0.1, -0.05) is 12.1 Å². The van der Waals surface area contributed by atoms with Crippen LogP contribution < -0.4 is 9.47 Å². The van der Waals surface area contributed by atoms with Gasteiger partial charge in [-0.15, -0.1) is 0 Å². The molecule has 1 aliphatic rings. The van der Waals surface area contributed by atoms with Crippen molar-refractivity contribution >= 4 is 0 Å². The van der Waals surface area contributed by atoms with E-state index in [2.05, 4.69) is 5.10 Å². The molecule has 0 amide bonds. The molecule has 2 atom stereocenters. The van der Waals surface area contributed by atoms with Crippen molar-refractivity contribution in [3.63, 3.8) is 0 Å². The summed E-state index contributed by atoms with van der Waals surface area (Å²) < 4.78 is 13.0. The minimum Gasteiger partial charge on any atom is -0.486 e. The Kier molecular flexibility index (Phi) is 2.68. The highest BCUT2D eigenvalue weighted by molar-refractivity contribution is 5.41. The third-order valence-electron chi connectivity index (χ3n) is 2.95. The minimum atomic E-state index is -0.743. The van der Waals surface area contributed by atoms with Gasteiger partial charge in [0.2, 0.25) is 0 Å². The minimum absolute atomic E-state index is 0.326. The Hall–Kier alpha value is -2.01. The van der Waals surface area contributed by atoms with Crippen molar-refractivity contribution in [1.82, 2.24) is 9.78 Å². The number of ether oxygens (including phenoxy) is 2. The van der Waals surface area contributed by atoms with Crippen LogP contribution in [0.15, 0.2) is 36.7 Å². The quantitative estimate of drug-likeness (QED) is 0.867. The van der Waals surface area contributed by atoms with Crippen molar-refractivity contribution < 1.29 is 14.6 Å². The molecule has 0 bridgehead atoms. The van der Waals surface area contributed by atoms with Gasteiger partial charge in [-0.3, -0.25) is 4.68 Å². The lowest BCUT2D eigenvalue weighted by molar-refractivity contribution is -0.0113. The summed E-state index contributed by atoms with van der Waals surface area (Å²) in [7, 11) is 1.81. The average Bonchev–Trinajstić information content (AvgIpc) is 2.84. The maximum Gasteiger partial charge on any atom is 0.163 e. The summed E-state index contributed by atoms with van der Waals surface area (Å²) in [6.07, 6.45) is 2.25. The van der Waals surface area contributed by atoms with E-state index in [1.54, 1.807) is 17.1 Å². The van der Waals surface area contributed by atoms with Crippen LogP contribution in [-0.2, 0) is 7.05 Å². The van der Waals surface area contributed by atoms with E-state index in [1.165, 1.54) is 0 Å². The Labute approximate surface area is 105 Å². The number of hydrogen-bond donors (Lipinski definition) is 1. The largest absolute Gasteiger partial charge is 0.486 e. The van der Waals surface area contributed by atoms with E-state index in [1.807, 2.05) is 31.3 Å². The van der Waals surface area contributed by atoms with Crippen LogP contribution in [-0.4, -0.2) is 27.6 Å². The van der Waals surface area contributed by atoms with E-state index in [4.69, 9.17) is 9.47 Å². The van der Waals surface area contributed by atoms with E-state index in [-0.39, 0.29) is 0 Å². The monoisotopic (exact) mass is 246 g/mol. The third kappa shape index (κ3) is 1.93. The molecular weight excluding hydrogens is 232 g/mol. The molecule has 1 aliphatic heterocycles. The number of fused-ring (bicyclic) bond motifs is 1. The number of aryl methyl sites for hydroxylation is 1. The van der Waals surface area contributed by atoms with Crippen molar-refractivity contribution in [3.05, 3.63) is 42.2 Å². The van der Waals surface area contributed by atoms with Crippen LogP contribution in [0.1, 0.15) is 11.7 Å². The van der Waals surface area contributed by atoms with Crippen LogP contribution in [0.4, 0.5) is 0 Å². The second kappa shape index (κ2) is 4.34. The van der Waals surface area contributed by atoms with Crippen LogP contribution in [0.25, 0.3) is 0 Å². The molecule has 0 spiro atoms. The number of hydrogen-bond acceptors (Lipinski definition) is 4. The first-order valence-electron chi connectivity index (χ1n) is 5.79. The number of para-hydroxylation sites is 2. The van der Waals surface area contributed by atoms with Crippen molar-refractivity contribution in [2.75, 3.05) is 6.61 Å². The van der Waals surface area contributed by atoms with Gasteiger partial charge in [-0.05, 0) is 12.1 Å². The Balaban J connectivity index is 1.79. The number of nitrogens with zero attached hydrogens (tertiary/aromatic N) is 2. The van der Waals surface area contributed by atoms with E-state index < -0.39 is 12.2 Å². The molecule has 1 aromatic carbocycles. The number of aliphatic hydroxyl groups is 1. The molecule has 1 aromatic heterocycles. The Morgan fingerprint density at radius 3 is 2.89 bits per heavy atom. The van der Waals surface area contributed by atoms with E-state index in [0.717, 1.165) is 5.56 Å². The molecule has 0 saturated carbocycles. The fraction of sp³-hybridized carbons (Fsp3) is 0.308. The van der Waals surface area contributed by atoms with Crippen LogP contribution in [0, 0.1) is 0 Å². The third-order valence-corrected chi connectivity index (χ3v) is 2.95. The molecule has 0 fully saturated rings. The first-order valence-corrected chi connectivity index (χ1v) is 5.79. The molecule has 2 aromatic rings. The van der Waals surface area contributed by atoms with E-state index >= 15 is 0 Å². The average molecular weight is 246 g/mol. The molecule has 5 nitrogen and oxygen atoms in total. The number of benzene rings is 1. The van der Waals surface area contributed by atoms with Crippen molar-refractivity contribution in [2.24, 2.45) is 7.05 Å². The highest BCUT2D eigenvalue weighted by atomic mass is 16.6. The molecule has 18 heavy (non-hydrogen) atoms. The molecule has 0 aliphatic carbocycles. The smallest absolute Gasteiger partial charge is 0.163 e. The molecule has 0 saturated heterocycles. The zero-order valence-corrected chi connectivity index (χ0v) is 9.98. The maximum absolute atomic E-state index is 10.2. The van der Waals surface area contributed by atoms with Crippen LogP contribution >= 0.6 is 0 Å². The van der Waals surface area contributed by atoms with Crippen LogP contribution in [0.5, 0.6) is 11.5 Å². The summed E-state index contributed by atoms with van der Waals surface area (Å²) in [5, 5.41) is 14.3. The predicted octanol–water partition coefficient (Wildman–Crippen LogP) is 1.29. The van der Waals surface area contributed by atoms with Crippen molar-refractivity contribution in [2.45, 2.75) is 12.2 Å².